The van der Waals surface area contributed by atoms with Crippen molar-refractivity contribution in [2.24, 2.45) is 0 Å². The Labute approximate surface area is 171 Å². The number of aryl methyl sites for hydroxylation is 1. The number of aromatic amines is 1. The normalized spacial score (nSPS) is 15.4. The predicted molar refractivity (Wildman–Crippen MR) is 115 cm³/mol. The number of methoxy groups -OCH3 is 1. The maximum absolute atomic E-state index is 13.1. The molecule has 4 rings (SSSR count). The molecule has 1 saturated heterocycles. The lowest BCUT2D eigenvalue weighted by atomic mass is 9.87. The largest absolute Gasteiger partial charge is 0.497 e. The van der Waals surface area contributed by atoms with Gasteiger partial charge in [0.15, 0.2) is 0 Å². The second kappa shape index (κ2) is 8.70. The van der Waals surface area contributed by atoms with Crippen LogP contribution in [0.4, 0.5) is 0 Å². The SMILES string of the molecule is CCc1cccc2c(C(CC(=O)N3CCOCC3)c3cccc(OC)c3)c[nH]c12. The molecule has 2 heterocycles. The molecule has 1 amide bonds. The molecule has 2 aromatic carbocycles. The number of fused-ring (bicyclic) bond motifs is 1. The Bertz CT molecular complexity index is 989. The zero-order chi connectivity index (χ0) is 20.2. The first-order chi connectivity index (χ1) is 14.2. The van der Waals surface area contributed by atoms with Gasteiger partial charge in [-0.3, -0.25) is 4.79 Å². The zero-order valence-electron chi connectivity index (χ0n) is 17.1. The summed E-state index contributed by atoms with van der Waals surface area (Å²) >= 11 is 0. The minimum atomic E-state index is -0.0405. The number of nitrogens with zero attached hydrogens (tertiary/aromatic N) is 1. The number of H-pyrrole nitrogens is 1. The first-order valence-corrected chi connectivity index (χ1v) is 10.3. The summed E-state index contributed by atoms with van der Waals surface area (Å²) in [6.07, 6.45) is 3.46. The Balaban J connectivity index is 1.75. The summed E-state index contributed by atoms with van der Waals surface area (Å²) in [5.74, 6) is 0.934. The first-order valence-electron chi connectivity index (χ1n) is 10.3. The van der Waals surface area contributed by atoms with Crippen molar-refractivity contribution in [1.82, 2.24) is 9.88 Å². The molecule has 1 aliphatic heterocycles. The van der Waals surface area contributed by atoms with Crippen molar-refractivity contribution in [3.63, 3.8) is 0 Å². The number of benzene rings is 2. The van der Waals surface area contributed by atoms with Crippen LogP contribution in [0.5, 0.6) is 5.75 Å². The van der Waals surface area contributed by atoms with Gasteiger partial charge in [0.1, 0.15) is 5.75 Å². The molecule has 29 heavy (non-hydrogen) atoms. The van der Waals surface area contributed by atoms with E-state index < -0.39 is 0 Å². The summed E-state index contributed by atoms with van der Waals surface area (Å²) in [5.41, 5.74) is 4.70. The maximum atomic E-state index is 13.1. The number of amides is 1. The smallest absolute Gasteiger partial charge is 0.223 e. The van der Waals surface area contributed by atoms with E-state index in [0.29, 0.717) is 32.7 Å². The number of carbonyl (C=O) groups excluding carboxylic acids is 1. The summed E-state index contributed by atoms with van der Waals surface area (Å²) < 4.78 is 10.9. The maximum Gasteiger partial charge on any atom is 0.223 e. The third-order valence-corrected chi connectivity index (χ3v) is 5.83. The second-order valence-corrected chi connectivity index (χ2v) is 7.46. The molecule has 1 fully saturated rings. The number of rotatable bonds is 6. The van der Waals surface area contributed by atoms with Crippen molar-refractivity contribution >= 4 is 16.8 Å². The average molecular weight is 392 g/mol. The molecular weight excluding hydrogens is 364 g/mol. The highest BCUT2D eigenvalue weighted by molar-refractivity contribution is 5.88. The lowest BCUT2D eigenvalue weighted by molar-refractivity contribution is -0.135. The van der Waals surface area contributed by atoms with Crippen LogP contribution in [0.25, 0.3) is 10.9 Å². The van der Waals surface area contributed by atoms with Crippen LogP contribution >= 0.6 is 0 Å². The van der Waals surface area contributed by atoms with E-state index in [-0.39, 0.29) is 11.8 Å². The molecule has 0 saturated carbocycles. The van der Waals surface area contributed by atoms with E-state index in [2.05, 4.69) is 42.4 Å². The van der Waals surface area contributed by atoms with Crippen molar-refractivity contribution in [3.8, 4) is 5.75 Å². The minimum absolute atomic E-state index is 0.0405. The zero-order valence-corrected chi connectivity index (χ0v) is 17.1. The van der Waals surface area contributed by atoms with Crippen LogP contribution < -0.4 is 4.74 Å². The van der Waals surface area contributed by atoms with Gasteiger partial charge in [0, 0.05) is 42.5 Å². The average Bonchev–Trinajstić information content (AvgIpc) is 3.22. The molecule has 1 atom stereocenters. The van der Waals surface area contributed by atoms with Gasteiger partial charge in [-0.05, 0) is 35.2 Å². The number of aromatic nitrogens is 1. The fourth-order valence-electron chi connectivity index (χ4n) is 4.20. The molecule has 0 bridgehead atoms. The molecule has 3 aromatic rings. The van der Waals surface area contributed by atoms with Gasteiger partial charge in [0.2, 0.25) is 5.91 Å². The number of hydrogen-bond acceptors (Lipinski definition) is 3. The van der Waals surface area contributed by atoms with Gasteiger partial charge in [-0.25, -0.2) is 0 Å². The summed E-state index contributed by atoms with van der Waals surface area (Å²) in [5, 5.41) is 1.19. The van der Waals surface area contributed by atoms with E-state index in [1.807, 2.05) is 23.1 Å². The summed E-state index contributed by atoms with van der Waals surface area (Å²) in [4.78, 5) is 18.5. The van der Waals surface area contributed by atoms with Crippen LogP contribution in [0.2, 0.25) is 0 Å². The molecule has 0 aliphatic carbocycles. The number of ether oxygens (including phenoxy) is 2. The third-order valence-electron chi connectivity index (χ3n) is 5.83. The van der Waals surface area contributed by atoms with E-state index in [0.717, 1.165) is 28.8 Å². The Morgan fingerprint density at radius 2 is 2.00 bits per heavy atom. The predicted octanol–water partition coefficient (Wildman–Crippen LogP) is 4.12. The van der Waals surface area contributed by atoms with Crippen LogP contribution in [0.15, 0.2) is 48.7 Å². The Kier molecular flexibility index (Phi) is 5.86. The number of hydrogen-bond donors (Lipinski definition) is 1. The lowest BCUT2D eigenvalue weighted by Crippen LogP contribution is -2.41. The van der Waals surface area contributed by atoms with Gasteiger partial charge in [-0.15, -0.1) is 0 Å². The second-order valence-electron chi connectivity index (χ2n) is 7.46. The summed E-state index contributed by atoms with van der Waals surface area (Å²) in [6, 6.07) is 14.5. The van der Waals surface area contributed by atoms with Gasteiger partial charge in [0.25, 0.3) is 0 Å². The third kappa shape index (κ3) is 4.01. The minimum Gasteiger partial charge on any atom is -0.497 e. The van der Waals surface area contributed by atoms with Crippen LogP contribution in [0.3, 0.4) is 0 Å². The number of nitrogens with one attached hydrogen (secondary N) is 1. The highest BCUT2D eigenvalue weighted by Gasteiger charge is 2.26. The molecule has 0 radical (unpaired) electrons. The molecule has 1 aliphatic rings. The fourth-order valence-corrected chi connectivity index (χ4v) is 4.20. The first kappa shape index (κ1) is 19.5. The quantitative estimate of drug-likeness (QED) is 0.687. The van der Waals surface area contributed by atoms with Crippen molar-refractivity contribution in [1.29, 1.82) is 0 Å². The number of carbonyl (C=O) groups is 1. The van der Waals surface area contributed by atoms with Gasteiger partial charge >= 0.3 is 0 Å². The molecular formula is C24H28N2O3. The van der Waals surface area contributed by atoms with Crippen LogP contribution in [0, 0.1) is 0 Å². The van der Waals surface area contributed by atoms with Crippen LogP contribution in [-0.4, -0.2) is 49.2 Å². The van der Waals surface area contributed by atoms with Crippen molar-refractivity contribution in [3.05, 3.63) is 65.4 Å². The molecule has 1 unspecified atom stereocenters. The van der Waals surface area contributed by atoms with E-state index >= 15 is 0 Å². The number of para-hydroxylation sites is 1. The molecule has 5 heteroatoms. The van der Waals surface area contributed by atoms with Crippen molar-refractivity contribution in [2.45, 2.75) is 25.7 Å². The monoisotopic (exact) mass is 392 g/mol. The fraction of sp³-hybridized carbons (Fsp3) is 0.375. The molecule has 152 valence electrons. The summed E-state index contributed by atoms with van der Waals surface area (Å²) in [6.45, 7) is 4.72. The molecule has 1 aromatic heterocycles. The van der Waals surface area contributed by atoms with Gasteiger partial charge < -0.3 is 19.4 Å². The lowest BCUT2D eigenvalue weighted by Gasteiger charge is -2.28. The molecule has 0 spiro atoms. The van der Waals surface area contributed by atoms with Gasteiger partial charge in [-0.2, -0.15) is 0 Å². The Morgan fingerprint density at radius 3 is 2.76 bits per heavy atom. The number of morpholine rings is 1. The Morgan fingerprint density at radius 1 is 1.21 bits per heavy atom. The standard InChI is InChI=1S/C24H28N2O3/c1-3-17-6-5-9-20-22(16-25-24(17)20)21(18-7-4-8-19(14-18)28-2)15-23(27)26-10-12-29-13-11-26/h4-9,14,16,21,25H,3,10-13,15H2,1-2H3. The molecule has 5 nitrogen and oxygen atoms in total. The van der Waals surface area contributed by atoms with Crippen LogP contribution in [-0.2, 0) is 16.0 Å². The summed E-state index contributed by atoms with van der Waals surface area (Å²) in [7, 11) is 1.67. The van der Waals surface area contributed by atoms with Gasteiger partial charge in [0.05, 0.1) is 20.3 Å². The van der Waals surface area contributed by atoms with E-state index in [1.165, 1.54) is 10.9 Å². The van der Waals surface area contributed by atoms with E-state index in [4.69, 9.17) is 9.47 Å². The van der Waals surface area contributed by atoms with E-state index in [9.17, 15) is 4.79 Å². The van der Waals surface area contributed by atoms with Crippen molar-refractivity contribution in [2.75, 3.05) is 33.4 Å². The highest BCUT2D eigenvalue weighted by atomic mass is 16.5. The molecule has 1 N–H and O–H groups in total. The van der Waals surface area contributed by atoms with Gasteiger partial charge in [-0.1, -0.05) is 37.3 Å². The topological polar surface area (TPSA) is 54.6 Å². The van der Waals surface area contributed by atoms with E-state index in [1.54, 1.807) is 7.11 Å². The highest BCUT2D eigenvalue weighted by Crippen LogP contribution is 2.36. The Hall–Kier alpha value is -2.79. The van der Waals surface area contributed by atoms with Crippen LogP contribution in [0.1, 0.15) is 36.0 Å². The van der Waals surface area contributed by atoms with Crippen molar-refractivity contribution < 1.29 is 14.3 Å².